The molecule has 0 saturated heterocycles. The second kappa shape index (κ2) is 8.50. The average molecular weight is 479 g/mol. The predicted octanol–water partition coefficient (Wildman–Crippen LogP) is 6.85. The highest BCUT2D eigenvalue weighted by atomic mass is 35.5. The molecule has 30 heavy (non-hydrogen) atoms. The van der Waals surface area contributed by atoms with Crippen LogP contribution in [0.15, 0.2) is 42.7 Å². The van der Waals surface area contributed by atoms with Crippen LogP contribution in [0, 0.1) is 10.1 Å². The number of anilines is 4. The summed E-state index contributed by atoms with van der Waals surface area (Å²) in [6.45, 7) is 0. The zero-order valence-electron chi connectivity index (χ0n) is 14.5. The molecule has 156 valence electrons. The maximum absolute atomic E-state index is 13.1. The van der Waals surface area contributed by atoms with Crippen LogP contribution < -0.4 is 10.6 Å². The Morgan fingerprint density at radius 1 is 0.900 bits per heavy atom. The number of alkyl halides is 3. The maximum atomic E-state index is 13.1. The van der Waals surface area contributed by atoms with E-state index in [0.717, 1.165) is 18.5 Å². The van der Waals surface area contributed by atoms with Crippen LogP contribution in [0.5, 0.6) is 0 Å². The van der Waals surface area contributed by atoms with Crippen molar-refractivity contribution in [1.29, 1.82) is 0 Å². The zero-order valence-corrected chi connectivity index (χ0v) is 16.7. The number of hydrogen-bond donors (Lipinski definition) is 2. The smallest absolute Gasteiger partial charge is 0.334 e. The first kappa shape index (κ1) is 21.9. The molecule has 0 bridgehead atoms. The van der Waals surface area contributed by atoms with Gasteiger partial charge >= 0.3 is 11.9 Å². The maximum Gasteiger partial charge on any atom is 0.417 e. The number of rotatable bonds is 5. The molecule has 1 heterocycles. The Balaban J connectivity index is 2.00. The van der Waals surface area contributed by atoms with E-state index in [2.05, 4.69) is 20.6 Å². The first-order valence-corrected chi connectivity index (χ1v) is 9.04. The molecule has 0 aliphatic carbocycles. The molecule has 0 saturated carbocycles. The van der Waals surface area contributed by atoms with Crippen molar-refractivity contribution in [2.75, 3.05) is 10.6 Å². The van der Waals surface area contributed by atoms with E-state index in [1.165, 1.54) is 24.3 Å². The molecule has 1 aromatic heterocycles. The number of aromatic nitrogens is 2. The van der Waals surface area contributed by atoms with Crippen molar-refractivity contribution < 1.29 is 18.1 Å². The second-order valence-corrected chi connectivity index (χ2v) is 7.06. The lowest BCUT2D eigenvalue weighted by molar-refractivity contribution is -0.383. The van der Waals surface area contributed by atoms with Gasteiger partial charge in [-0.2, -0.15) is 13.2 Å². The minimum atomic E-state index is -4.70. The Morgan fingerprint density at radius 2 is 1.47 bits per heavy atom. The molecule has 0 spiro atoms. The third kappa shape index (κ3) is 5.02. The zero-order chi connectivity index (χ0) is 22.1. The summed E-state index contributed by atoms with van der Waals surface area (Å²) in [5, 5.41) is 16.9. The molecule has 0 aliphatic rings. The summed E-state index contributed by atoms with van der Waals surface area (Å²) < 4.78 is 39.2. The molecule has 0 amide bonds. The molecule has 2 N–H and O–H groups in total. The third-order valence-electron chi connectivity index (χ3n) is 3.66. The van der Waals surface area contributed by atoms with Crippen molar-refractivity contribution >= 4 is 63.5 Å². The van der Waals surface area contributed by atoms with Crippen LogP contribution in [0.25, 0.3) is 0 Å². The summed E-state index contributed by atoms with van der Waals surface area (Å²) in [6, 6.07) is 7.36. The van der Waals surface area contributed by atoms with Gasteiger partial charge in [0.15, 0.2) is 0 Å². The van der Waals surface area contributed by atoms with Gasteiger partial charge < -0.3 is 10.6 Å². The Hall–Kier alpha value is -2.82. The van der Waals surface area contributed by atoms with Gasteiger partial charge in [0.05, 0.1) is 15.5 Å². The van der Waals surface area contributed by atoms with E-state index in [4.69, 9.17) is 34.8 Å². The van der Waals surface area contributed by atoms with E-state index >= 15 is 0 Å². The molecular formula is C17H9Cl3F3N5O2. The highest BCUT2D eigenvalue weighted by molar-refractivity contribution is 6.35. The first-order valence-electron chi connectivity index (χ1n) is 7.91. The van der Waals surface area contributed by atoms with E-state index in [-0.39, 0.29) is 27.4 Å². The van der Waals surface area contributed by atoms with Crippen LogP contribution in [0.4, 0.5) is 41.9 Å². The lowest BCUT2D eigenvalue weighted by Crippen LogP contribution is -2.08. The Labute approximate surface area is 182 Å². The van der Waals surface area contributed by atoms with Crippen LogP contribution in [-0.2, 0) is 6.18 Å². The van der Waals surface area contributed by atoms with Crippen LogP contribution in [0.1, 0.15) is 5.56 Å². The third-order valence-corrected chi connectivity index (χ3v) is 4.43. The highest BCUT2D eigenvalue weighted by Crippen LogP contribution is 2.38. The summed E-state index contributed by atoms with van der Waals surface area (Å²) >= 11 is 17.4. The van der Waals surface area contributed by atoms with Crippen molar-refractivity contribution in [2.24, 2.45) is 0 Å². The lowest BCUT2D eigenvalue weighted by Gasteiger charge is -2.13. The fourth-order valence-corrected chi connectivity index (χ4v) is 3.21. The topological polar surface area (TPSA) is 93.0 Å². The molecule has 2 aromatic carbocycles. The number of nitrogens with zero attached hydrogens (tertiary/aromatic N) is 3. The van der Waals surface area contributed by atoms with Crippen LogP contribution in [0.2, 0.25) is 15.1 Å². The van der Waals surface area contributed by atoms with Crippen LogP contribution >= 0.6 is 34.8 Å². The lowest BCUT2D eigenvalue weighted by atomic mass is 10.2. The summed E-state index contributed by atoms with van der Waals surface area (Å²) in [5.74, 6) is -0.554. The summed E-state index contributed by atoms with van der Waals surface area (Å²) in [6.07, 6.45) is -3.70. The molecule has 0 radical (unpaired) electrons. The van der Waals surface area contributed by atoms with E-state index in [1.807, 2.05) is 0 Å². The predicted molar refractivity (Wildman–Crippen MR) is 108 cm³/mol. The van der Waals surface area contributed by atoms with E-state index in [0.29, 0.717) is 5.69 Å². The van der Waals surface area contributed by atoms with E-state index < -0.39 is 27.4 Å². The van der Waals surface area contributed by atoms with Gasteiger partial charge in [-0.15, -0.1) is 0 Å². The number of benzene rings is 2. The van der Waals surface area contributed by atoms with E-state index in [1.54, 1.807) is 0 Å². The minimum absolute atomic E-state index is 0.106. The number of nitrogens with one attached hydrogen (secondary N) is 2. The van der Waals surface area contributed by atoms with E-state index in [9.17, 15) is 23.3 Å². The number of hydrogen-bond acceptors (Lipinski definition) is 6. The monoisotopic (exact) mass is 477 g/mol. The highest BCUT2D eigenvalue weighted by Gasteiger charge is 2.33. The fourth-order valence-electron chi connectivity index (χ4n) is 2.45. The van der Waals surface area contributed by atoms with Gasteiger partial charge in [0.1, 0.15) is 6.33 Å². The number of nitro groups is 1. The van der Waals surface area contributed by atoms with Crippen LogP contribution in [0.3, 0.4) is 0 Å². The van der Waals surface area contributed by atoms with Gasteiger partial charge in [-0.05, 0) is 36.4 Å². The molecule has 7 nitrogen and oxygen atoms in total. The quantitative estimate of drug-likeness (QED) is 0.308. The van der Waals surface area contributed by atoms with Crippen molar-refractivity contribution in [1.82, 2.24) is 9.97 Å². The standard InChI is InChI=1S/C17H9Cl3F3N5O2/c18-8-3-9(19)5-11(4-8)27-16-14(28(29)30)15(24-7-25-16)26-10-1-2-13(20)12(6-10)17(21,22)23/h1-7H,(H2,24,25,26,27). The molecule has 0 atom stereocenters. The van der Waals surface area contributed by atoms with Gasteiger partial charge in [0, 0.05) is 21.4 Å². The summed E-state index contributed by atoms with van der Waals surface area (Å²) in [4.78, 5) is 18.5. The molecule has 0 aliphatic heterocycles. The minimum Gasteiger partial charge on any atom is -0.334 e. The normalized spacial score (nSPS) is 11.3. The largest absolute Gasteiger partial charge is 0.417 e. The number of halogens is 6. The van der Waals surface area contributed by atoms with Gasteiger partial charge in [-0.3, -0.25) is 10.1 Å². The van der Waals surface area contributed by atoms with Gasteiger partial charge in [-0.25, -0.2) is 9.97 Å². The van der Waals surface area contributed by atoms with Crippen molar-refractivity contribution in [3.8, 4) is 0 Å². The summed E-state index contributed by atoms with van der Waals surface area (Å²) in [7, 11) is 0. The molecule has 3 aromatic rings. The first-order chi connectivity index (χ1) is 14.0. The van der Waals surface area contributed by atoms with Crippen molar-refractivity contribution in [3.05, 3.63) is 73.5 Å². The molecule has 0 unspecified atom stereocenters. The fraction of sp³-hybridized carbons (Fsp3) is 0.0588. The van der Waals surface area contributed by atoms with Gasteiger partial charge in [-0.1, -0.05) is 34.8 Å². The van der Waals surface area contributed by atoms with Crippen molar-refractivity contribution in [3.63, 3.8) is 0 Å². The van der Waals surface area contributed by atoms with Gasteiger partial charge in [0.2, 0.25) is 11.6 Å². The Bertz CT molecular complexity index is 1110. The molecule has 13 heteroatoms. The van der Waals surface area contributed by atoms with Gasteiger partial charge in [0.25, 0.3) is 0 Å². The second-order valence-electron chi connectivity index (χ2n) is 5.78. The summed E-state index contributed by atoms with van der Waals surface area (Å²) in [5.41, 5.74) is -1.49. The Kier molecular flexibility index (Phi) is 6.20. The Morgan fingerprint density at radius 3 is 2.00 bits per heavy atom. The molecule has 3 rings (SSSR count). The molecular weight excluding hydrogens is 470 g/mol. The van der Waals surface area contributed by atoms with Crippen LogP contribution in [-0.4, -0.2) is 14.9 Å². The average Bonchev–Trinajstić information content (AvgIpc) is 2.61. The van der Waals surface area contributed by atoms with Crippen molar-refractivity contribution in [2.45, 2.75) is 6.18 Å². The SMILES string of the molecule is O=[N+]([O-])c1c(Nc2cc(Cl)cc(Cl)c2)ncnc1Nc1ccc(Cl)c(C(F)(F)F)c1. The molecule has 0 fully saturated rings.